The quantitative estimate of drug-likeness (QED) is 0.863. The summed E-state index contributed by atoms with van der Waals surface area (Å²) in [6, 6.07) is 8.27. The van der Waals surface area contributed by atoms with Crippen LogP contribution in [0, 0.1) is 6.92 Å². The number of para-hydroxylation sites is 1. The van der Waals surface area contributed by atoms with Crippen molar-refractivity contribution >= 4 is 10.9 Å². The van der Waals surface area contributed by atoms with Gasteiger partial charge in [-0.1, -0.05) is 31.4 Å². The van der Waals surface area contributed by atoms with Crippen LogP contribution >= 0.6 is 0 Å². The average Bonchev–Trinajstić information content (AvgIpc) is 2.55. The van der Waals surface area contributed by atoms with E-state index in [0.717, 1.165) is 30.9 Å². The third-order valence-corrected chi connectivity index (χ3v) is 4.65. The van der Waals surface area contributed by atoms with Crippen LogP contribution < -0.4 is 10.9 Å². The number of benzene rings is 1. The lowest BCUT2D eigenvalue weighted by Gasteiger charge is -2.23. The van der Waals surface area contributed by atoms with E-state index in [0.29, 0.717) is 11.4 Å². The second kappa shape index (κ2) is 7.05. The summed E-state index contributed by atoms with van der Waals surface area (Å²) in [4.78, 5) is 17.1. The molecule has 0 atom stereocenters. The summed E-state index contributed by atoms with van der Waals surface area (Å²) in [5.41, 5.74) is 0.877. The normalized spacial score (nSPS) is 16.2. The van der Waals surface area contributed by atoms with Gasteiger partial charge in [0.2, 0.25) is 0 Å². The summed E-state index contributed by atoms with van der Waals surface area (Å²) in [6.07, 6.45) is 7.66. The number of rotatable bonds is 5. The minimum atomic E-state index is 0.0840. The first-order valence-corrected chi connectivity index (χ1v) is 8.45. The first-order valence-electron chi connectivity index (χ1n) is 8.45. The molecule has 3 rings (SSSR count). The van der Waals surface area contributed by atoms with Crippen molar-refractivity contribution in [3.8, 4) is 0 Å². The van der Waals surface area contributed by atoms with Gasteiger partial charge in [0.1, 0.15) is 5.82 Å². The van der Waals surface area contributed by atoms with Gasteiger partial charge in [0.05, 0.1) is 10.9 Å². The third-order valence-electron chi connectivity index (χ3n) is 4.65. The maximum atomic E-state index is 12.5. The minimum absolute atomic E-state index is 0.0840. The highest BCUT2D eigenvalue weighted by Gasteiger charge is 2.12. The zero-order chi connectivity index (χ0) is 15.4. The van der Waals surface area contributed by atoms with E-state index in [1.807, 2.05) is 35.8 Å². The third kappa shape index (κ3) is 3.38. The van der Waals surface area contributed by atoms with E-state index < -0.39 is 0 Å². The van der Waals surface area contributed by atoms with Gasteiger partial charge >= 0.3 is 0 Å². The summed E-state index contributed by atoms with van der Waals surface area (Å²) in [5.74, 6) is 0.807. The largest absolute Gasteiger partial charge is 0.314 e. The van der Waals surface area contributed by atoms with Crippen molar-refractivity contribution in [2.75, 3.05) is 6.54 Å². The van der Waals surface area contributed by atoms with E-state index in [9.17, 15) is 4.79 Å². The molecule has 118 valence electrons. The Labute approximate surface area is 131 Å². The first-order chi connectivity index (χ1) is 10.8. The van der Waals surface area contributed by atoms with Crippen molar-refractivity contribution in [2.45, 2.75) is 58.0 Å². The lowest BCUT2D eigenvalue weighted by molar-refractivity contribution is 0.368. The molecule has 0 spiro atoms. The Morgan fingerprint density at radius 2 is 2.00 bits per heavy atom. The molecule has 4 heteroatoms. The van der Waals surface area contributed by atoms with E-state index in [1.54, 1.807) is 0 Å². The molecule has 0 bridgehead atoms. The van der Waals surface area contributed by atoms with Gasteiger partial charge in [0.25, 0.3) is 5.56 Å². The van der Waals surface area contributed by atoms with Gasteiger partial charge < -0.3 is 5.32 Å². The fraction of sp³-hybridized carbons (Fsp3) is 0.556. The van der Waals surface area contributed by atoms with Crippen LogP contribution in [-0.4, -0.2) is 22.1 Å². The van der Waals surface area contributed by atoms with Gasteiger partial charge in [-0.15, -0.1) is 0 Å². The maximum absolute atomic E-state index is 12.5. The fourth-order valence-electron chi connectivity index (χ4n) is 3.39. The van der Waals surface area contributed by atoms with Crippen LogP contribution in [0.1, 0.15) is 44.3 Å². The second-order valence-corrected chi connectivity index (χ2v) is 6.28. The zero-order valence-corrected chi connectivity index (χ0v) is 13.3. The smallest absolute Gasteiger partial charge is 0.261 e. The van der Waals surface area contributed by atoms with Crippen molar-refractivity contribution in [1.82, 2.24) is 14.9 Å². The molecule has 2 aromatic rings. The molecule has 0 radical (unpaired) electrons. The van der Waals surface area contributed by atoms with Gasteiger partial charge in [-0.25, -0.2) is 4.98 Å². The Bertz CT molecular complexity index is 686. The Balaban J connectivity index is 1.62. The summed E-state index contributed by atoms with van der Waals surface area (Å²) in [6.45, 7) is 3.63. The molecule has 1 aliphatic carbocycles. The molecule has 22 heavy (non-hydrogen) atoms. The molecule has 1 aromatic carbocycles. The molecule has 0 aliphatic heterocycles. The van der Waals surface area contributed by atoms with Crippen LogP contribution in [0.5, 0.6) is 0 Å². The van der Waals surface area contributed by atoms with Gasteiger partial charge in [-0.3, -0.25) is 9.36 Å². The number of hydrogen-bond acceptors (Lipinski definition) is 3. The molecule has 1 aromatic heterocycles. The van der Waals surface area contributed by atoms with Crippen LogP contribution in [0.15, 0.2) is 29.1 Å². The summed E-state index contributed by atoms with van der Waals surface area (Å²) < 4.78 is 1.81. The Morgan fingerprint density at radius 3 is 2.82 bits per heavy atom. The van der Waals surface area contributed by atoms with Crippen molar-refractivity contribution < 1.29 is 0 Å². The predicted octanol–water partition coefficient (Wildman–Crippen LogP) is 3.02. The highest BCUT2D eigenvalue weighted by Crippen LogP contribution is 2.17. The summed E-state index contributed by atoms with van der Waals surface area (Å²) >= 11 is 0. The van der Waals surface area contributed by atoms with Crippen LogP contribution in [-0.2, 0) is 6.54 Å². The minimum Gasteiger partial charge on any atom is -0.314 e. The first kappa shape index (κ1) is 15.2. The van der Waals surface area contributed by atoms with E-state index in [2.05, 4.69) is 10.3 Å². The van der Waals surface area contributed by atoms with Gasteiger partial charge in [0, 0.05) is 12.6 Å². The van der Waals surface area contributed by atoms with Crippen LogP contribution in [0.2, 0.25) is 0 Å². The topological polar surface area (TPSA) is 46.9 Å². The van der Waals surface area contributed by atoms with Crippen LogP contribution in [0.3, 0.4) is 0 Å². The zero-order valence-electron chi connectivity index (χ0n) is 13.3. The molecule has 4 nitrogen and oxygen atoms in total. The van der Waals surface area contributed by atoms with E-state index >= 15 is 0 Å². The predicted molar refractivity (Wildman–Crippen MR) is 90.2 cm³/mol. The highest BCUT2D eigenvalue weighted by molar-refractivity contribution is 5.77. The van der Waals surface area contributed by atoms with Crippen molar-refractivity contribution in [3.05, 3.63) is 40.4 Å². The van der Waals surface area contributed by atoms with Gasteiger partial charge in [0.15, 0.2) is 0 Å². The maximum Gasteiger partial charge on any atom is 0.261 e. The molecule has 0 saturated heterocycles. The molecule has 0 amide bonds. The van der Waals surface area contributed by atoms with Gasteiger partial charge in [-0.2, -0.15) is 0 Å². The molecule has 0 unspecified atom stereocenters. The van der Waals surface area contributed by atoms with Crippen molar-refractivity contribution in [2.24, 2.45) is 0 Å². The van der Waals surface area contributed by atoms with E-state index in [4.69, 9.17) is 0 Å². The molecule has 1 aliphatic rings. The molecule has 1 fully saturated rings. The Hall–Kier alpha value is -1.68. The SMILES string of the molecule is Cc1nc2ccccc2c(=O)n1CCCNC1CCCCC1. The number of nitrogens with one attached hydrogen (secondary N) is 1. The highest BCUT2D eigenvalue weighted by atomic mass is 16.1. The van der Waals surface area contributed by atoms with Gasteiger partial charge in [-0.05, 0) is 44.9 Å². The second-order valence-electron chi connectivity index (χ2n) is 6.28. The molecule has 1 saturated carbocycles. The number of hydrogen-bond donors (Lipinski definition) is 1. The van der Waals surface area contributed by atoms with Crippen LogP contribution in [0.25, 0.3) is 10.9 Å². The Kier molecular flexibility index (Phi) is 4.88. The van der Waals surface area contributed by atoms with Crippen LogP contribution in [0.4, 0.5) is 0 Å². The molecule has 1 N–H and O–H groups in total. The average molecular weight is 299 g/mol. The number of fused-ring (bicyclic) bond motifs is 1. The summed E-state index contributed by atoms with van der Waals surface area (Å²) in [5, 5.41) is 4.35. The Morgan fingerprint density at radius 1 is 1.23 bits per heavy atom. The molecular weight excluding hydrogens is 274 g/mol. The number of nitrogens with zero attached hydrogens (tertiary/aromatic N) is 2. The number of aromatic nitrogens is 2. The number of aryl methyl sites for hydroxylation is 1. The standard InChI is InChI=1S/C18H25N3O/c1-14-20-17-11-6-5-10-16(17)18(22)21(14)13-7-12-19-15-8-3-2-4-9-15/h5-6,10-11,15,19H,2-4,7-9,12-13H2,1H3. The molecular formula is C18H25N3O. The molecule has 1 heterocycles. The summed E-state index contributed by atoms with van der Waals surface area (Å²) in [7, 11) is 0. The lowest BCUT2D eigenvalue weighted by Crippen LogP contribution is -2.33. The van der Waals surface area contributed by atoms with E-state index in [-0.39, 0.29) is 5.56 Å². The lowest BCUT2D eigenvalue weighted by atomic mass is 9.95. The van der Waals surface area contributed by atoms with Crippen molar-refractivity contribution in [3.63, 3.8) is 0 Å². The fourth-order valence-corrected chi connectivity index (χ4v) is 3.39. The van der Waals surface area contributed by atoms with E-state index in [1.165, 1.54) is 32.1 Å². The monoisotopic (exact) mass is 299 g/mol. The van der Waals surface area contributed by atoms with Crippen molar-refractivity contribution in [1.29, 1.82) is 0 Å².